The number of rotatable bonds is 6. The first-order valence-electron chi connectivity index (χ1n) is 8.59. The molecule has 0 fully saturated rings. The minimum Gasteiger partial charge on any atom is -0.411 e. The lowest BCUT2D eigenvalue weighted by Gasteiger charge is -2.11. The molecule has 1 heterocycles. The van der Waals surface area contributed by atoms with Crippen molar-refractivity contribution >= 4 is 35.0 Å². The maximum absolute atomic E-state index is 12.4. The zero-order valence-corrected chi connectivity index (χ0v) is 16.8. The van der Waals surface area contributed by atoms with Crippen molar-refractivity contribution in [3.8, 4) is 11.5 Å². The van der Waals surface area contributed by atoms with Gasteiger partial charge < -0.3 is 9.73 Å². The Morgan fingerprint density at radius 3 is 2.33 bits per heavy atom. The predicted octanol–water partition coefficient (Wildman–Crippen LogP) is 5.63. The van der Waals surface area contributed by atoms with Crippen LogP contribution in [-0.2, 0) is 4.79 Å². The number of benzene rings is 2. The first kappa shape index (κ1) is 19.5. The summed E-state index contributed by atoms with van der Waals surface area (Å²) in [6, 6.07) is 15.0. The van der Waals surface area contributed by atoms with E-state index < -0.39 is 0 Å². The van der Waals surface area contributed by atoms with Gasteiger partial charge in [0.15, 0.2) is 0 Å². The molecule has 3 rings (SSSR count). The molecule has 140 valence electrons. The Bertz CT molecular complexity index is 908. The van der Waals surface area contributed by atoms with Crippen LogP contribution < -0.4 is 5.32 Å². The van der Waals surface area contributed by atoms with Crippen LogP contribution in [0.1, 0.15) is 32.3 Å². The lowest BCUT2D eigenvalue weighted by atomic mass is 10.0. The Morgan fingerprint density at radius 2 is 1.70 bits per heavy atom. The molecule has 0 unspecified atom stereocenters. The number of anilines is 1. The van der Waals surface area contributed by atoms with E-state index in [4.69, 9.17) is 16.0 Å². The summed E-state index contributed by atoms with van der Waals surface area (Å²) >= 11 is 7.10. The maximum atomic E-state index is 12.4. The lowest BCUT2D eigenvalue weighted by Crippen LogP contribution is -2.22. The molecule has 5 nitrogen and oxygen atoms in total. The fourth-order valence-corrected chi connectivity index (χ4v) is 3.18. The lowest BCUT2D eigenvalue weighted by molar-refractivity contribution is -0.115. The quantitative estimate of drug-likeness (QED) is 0.542. The standard InChI is InChI=1S/C20H20ClN3O2S/c1-12(2)14-6-10-17(11-7-14)22-18(25)13(3)27-20-24-23-19(26-20)15-4-8-16(21)9-5-15/h4-13H,1-3H3,(H,22,25)/t13-/m0/s1. The largest absolute Gasteiger partial charge is 0.411 e. The van der Waals surface area contributed by atoms with Crippen molar-refractivity contribution in [2.75, 3.05) is 5.32 Å². The van der Waals surface area contributed by atoms with Crippen LogP contribution >= 0.6 is 23.4 Å². The molecule has 0 saturated carbocycles. The molecule has 27 heavy (non-hydrogen) atoms. The van der Waals surface area contributed by atoms with Gasteiger partial charge in [-0.25, -0.2) is 0 Å². The fourth-order valence-electron chi connectivity index (χ4n) is 2.37. The van der Waals surface area contributed by atoms with Crippen LogP contribution in [0.15, 0.2) is 58.2 Å². The smallest absolute Gasteiger partial charge is 0.277 e. The molecule has 0 bridgehead atoms. The second-order valence-corrected chi connectivity index (χ2v) is 8.13. The van der Waals surface area contributed by atoms with Crippen LogP contribution in [0.2, 0.25) is 5.02 Å². The van der Waals surface area contributed by atoms with Crippen molar-refractivity contribution in [3.63, 3.8) is 0 Å². The highest BCUT2D eigenvalue weighted by Gasteiger charge is 2.19. The van der Waals surface area contributed by atoms with Gasteiger partial charge in [0.1, 0.15) is 0 Å². The van der Waals surface area contributed by atoms with E-state index in [1.807, 2.05) is 24.3 Å². The highest BCUT2D eigenvalue weighted by molar-refractivity contribution is 8.00. The maximum Gasteiger partial charge on any atom is 0.277 e. The van der Waals surface area contributed by atoms with Gasteiger partial charge >= 0.3 is 0 Å². The van der Waals surface area contributed by atoms with Crippen molar-refractivity contribution in [1.29, 1.82) is 0 Å². The number of amides is 1. The molecule has 1 amide bonds. The van der Waals surface area contributed by atoms with Crippen molar-refractivity contribution in [3.05, 3.63) is 59.1 Å². The van der Waals surface area contributed by atoms with Crippen molar-refractivity contribution < 1.29 is 9.21 Å². The Kier molecular flexibility index (Phi) is 6.19. The van der Waals surface area contributed by atoms with Gasteiger partial charge in [-0.15, -0.1) is 10.2 Å². The first-order valence-corrected chi connectivity index (χ1v) is 9.85. The molecule has 0 aliphatic rings. The Balaban J connectivity index is 1.60. The number of nitrogens with one attached hydrogen (secondary N) is 1. The van der Waals surface area contributed by atoms with E-state index >= 15 is 0 Å². The molecule has 1 atom stereocenters. The number of hydrogen-bond acceptors (Lipinski definition) is 5. The molecule has 0 aliphatic heterocycles. The van der Waals surface area contributed by atoms with Crippen molar-refractivity contribution in [1.82, 2.24) is 10.2 Å². The van der Waals surface area contributed by atoms with Gasteiger partial charge in [0.25, 0.3) is 5.22 Å². The third-order valence-electron chi connectivity index (χ3n) is 3.99. The third-order valence-corrected chi connectivity index (χ3v) is 5.18. The summed E-state index contributed by atoms with van der Waals surface area (Å²) in [5.74, 6) is 0.728. The number of nitrogens with zero attached hydrogens (tertiary/aromatic N) is 2. The van der Waals surface area contributed by atoms with Gasteiger partial charge in [-0.05, 0) is 54.8 Å². The summed E-state index contributed by atoms with van der Waals surface area (Å²) in [6.45, 7) is 6.07. The predicted molar refractivity (Wildman–Crippen MR) is 109 cm³/mol. The van der Waals surface area contributed by atoms with E-state index in [-0.39, 0.29) is 11.2 Å². The molecule has 3 aromatic rings. The van der Waals surface area contributed by atoms with E-state index in [2.05, 4.69) is 29.4 Å². The van der Waals surface area contributed by atoms with Crippen LogP contribution in [0.25, 0.3) is 11.5 Å². The van der Waals surface area contributed by atoms with Crippen molar-refractivity contribution in [2.24, 2.45) is 0 Å². The molecular weight excluding hydrogens is 382 g/mol. The van der Waals surface area contributed by atoms with Crippen molar-refractivity contribution in [2.45, 2.75) is 37.2 Å². The molecular formula is C20H20ClN3O2S. The number of carbonyl (C=O) groups excluding carboxylic acids is 1. The van der Waals surface area contributed by atoms with E-state index in [0.717, 1.165) is 11.3 Å². The van der Waals surface area contributed by atoms with Gasteiger partial charge in [-0.2, -0.15) is 0 Å². The zero-order valence-electron chi connectivity index (χ0n) is 15.3. The van der Waals surface area contributed by atoms with E-state index in [9.17, 15) is 4.79 Å². The van der Waals surface area contributed by atoms with Crippen LogP contribution in [0.4, 0.5) is 5.69 Å². The fraction of sp³-hybridized carbons (Fsp3) is 0.250. The average Bonchev–Trinajstić information content (AvgIpc) is 3.11. The molecule has 0 spiro atoms. The molecule has 2 aromatic carbocycles. The molecule has 0 aliphatic carbocycles. The van der Waals surface area contributed by atoms with Gasteiger partial charge in [0.05, 0.1) is 5.25 Å². The number of hydrogen-bond donors (Lipinski definition) is 1. The monoisotopic (exact) mass is 401 g/mol. The van der Waals surface area contributed by atoms with E-state index in [1.54, 1.807) is 31.2 Å². The molecule has 7 heteroatoms. The van der Waals surface area contributed by atoms with E-state index in [0.29, 0.717) is 22.1 Å². The van der Waals surface area contributed by atoms with Gasteiger partial charge in [-0.3, -0.25) is 4.79 Å². The van der Waals surface area contributed by atoms with Gasteiger partial charge in [-0.1, -0.05) is 49.3 Å². The van der Waals surface area contributed by atoms with Crippen LogP contribution in [0.3, 0.4) is 0 Å². The summed E-state index contributed by atoms with van der Waals surface area (Å²) < 4.78 is 5.64. The number of halogens is 1. The van der Waals surface area contributed by atoms with Gasteiger partial charge in [0.2, 0.25) is 11.8 Å². The summed E-state index contributed by atoms with van der Waals surface area (Å²) in [5, 5.41) is 11.5. The molecule has 1 aromatic heterocycles. The molecule has 0 saturated heterocycles. The Hall–Kier alpha value is -2.31. The molecule has 0 radical (unpaired) electrons. The summed E-state index contributed by atoms with van der Waals surface area (Å²) in [6.07, 6.45) is 0. The minimum absolute atomic E-state index is 0.122. The number of aromatic nitrogens is 2. The SMILES string of the molecule is CC(C)c1ccc(NC(=O)[C@H](C)Sc2nnc(-c3ccc(Cl)cc3)o2)cc1. The summed E-state index contributed by atoms with van der Waals surface area (Å²) in [4.78, 5) is 12.4. The molecule has 1 N–H and O–H groups in total. The average molecular weight is 402 g/mol. The normalized spacial score (nSPS) is 12.2. The summed E-state index contributed by atoms with van der Waals surface area (Å²) in [7, 11) is 0. The third kappa shape index (κ3) is 5.11. The van der Waals surface area contributed by atoms with Crippen LogP contribution in [0, 0.1) is 0 Å². The van der Waals surface area contributed by atoms with E-state index in [1.165, 1.54) is 17.3 Å². The Morgan fingerprint density at radius 1 is 1.04 bits per heavy atom. The zero-order chi connectivity index (χ0) is 19.4. The highest BCUT2D eigenvalue weighted by atomic mass is 35.5. The second kappa shape index (κ2) is 8.59. The summed E-state index contributed by atoms with van der Waals surface area (Å²) in [5.41, 5.74) is 2.78. The number of carbonyl (C=O) groups is 1. The Labute approximate surface area is 167 Å². The topological polar surface area (TPSA) is 68.0 Å². The second-order valence-electron chi connectivity index (χ2n) is 6.41. The van der Waals surface area contributed by atoms with Crippen LogP contribution in [0.5, 0.6) is 0 Å². The van der Waals surface area contributed by atoms with Crippen LogP contribution in [-0.4, -0.2) is 21.4 Å². The number of thioether (sulfide) groups is 1. The van der Waals surface area contributed by atoms with Gasteiger partial charge in [0, 0.05) is 16.3 Å². The highest BCUT2D eigenvalue weighted by Crippen LogP contribution is 2.27. The first-order chi connectivity index (χ1) is 12.9. The minimum atomic E-state index is -0.381.